The fourth-order valence-electron chi connectivity index (χ4n) is 1.39. The monoisotopic (exact) mass is 234 g/mol. The minimum Gasteiger partial charge on any atom is -0.392 e. The highest BCUT2D eigenvalue weighted by Gasteiger charge is 2.04. The maximum Gasteiger partial charge on any atom is 0.123 e. The lowest BCUT2D eigenvalue weighted by molar-refractivity contribution is 0.278. The summed E-state index contributed by atoms with van der Waals surface area (Å²) in [5.74, 6) is -0.318. The van der Waals surface area contributed by atoms with Gasteiger partial charge in [-0.15, -0.1) is 0 Å². The standard InChI is InChI=1S/C13H11FOS/c14-11-6-7-13(10(8-11)9-15)16-12-4-2-1-3-5-12/h1-8,15H,9H2. The molecule has 2 rings (SSSR count). The van der Waals surface area contributed by atoms with E-state index in [2.05, 4.69) is 0 Å². The molecule has 0 aliphatic rings. The molecular formula is C13H11FOS. The number of aliphatic hydroxyl groups is 1. The summed E-state index contributed by atoms with van der Waals surface area (Å²) in [6, 6.07) is 14.3. The maximum atomic E-state index is 13.0. The van der Waals surface area contributed by atoms with Gasteiger partial charge in [0.1, 0.15) is 5.82 Å². The Balaban J connectivity index is 2.28. The SMILES string of the molecule is OCc1cc(F)ccc1Sc1ccccc1. The summed E-state index contributed by atoms with van der Waals surface area (Å²) in [6.07, 6.45) is 0. The first-order chi connectivity index (χ1) is 7.79. The summed E-state index contributed by atoms with van der Waals surface area (Å²) in [4.78, 5) is 1.96. The van der Waals surface area contributed by atoms with Gasteiger partial charge in [0, 0.05) is 9.79 Å². The highest BCUT2D eigenvalue weighted by Crippen LogP contribution is 2.30. The normalized spacial score (nSPS) is 10.4. The van der Waals surface area contributed by atoms with E-state index in [1.54, 1.807) is 6.07 Å². The van der Waals surface area contributed by atoms with E-state index in [-0.39, 0.29) is 12.4 Å². The Labute approximate surface area is 97.9 Å². The van der Waals surface area contributed by atoms with Gasteiger partial charge in [0.05, 0.1) is 6.61 Å². The number of aliphatic hydroxyl groups excluding tert-OH is 1. The van der Waals surface area contributed by atoms with Gasteiger partial charge in [0.2, 0.25) is 0 Å². The van der Waals surface area contributed by atoms with Crippen LogP contribution in [0, 0.1) is 5.82 Å². The topological polar surface area (TPSA) is 20.2 Å². The molecule has 16 heavy (non-hydrogen) atoms. The highest BCUT2D eigenvalue weighted by molar-refractivity contribution is 7.99. The molecule has 0 bridgehead atoms. The Morgan fingerprint density at radius 2 is 1.81 bits per heavy atom. The minimum atomic E-state index is -0.318. The third kappa shape index (κ3) is 2.62. The number of halogens is 1. The van der Waals surface area contributed by atoms with Gasteiger partial charge >= 0.3 is 0 Å². The molecule has 82 valence electrons. The van der Waals surface area contributed by atoms with Crippen molar-refractivity contribution in [1.82, 2.24) is 0 Å². The van der Waals surface area contributed by atoms with Crippen LogP contribution in [-0.4, -0.2) is 5.11 Å². The Bertz CT molecular complexity index is 471. The van der Waals surface area contributed by atoms with Crippen LogP contribution in [0.4, 0.5) is 4.39 Å². The molecule has 0 heterocycles. The van der Waals surface area contributed by atoms with Crippen LogP contribution < -0.4 is 0 Å². The molecule has 0 aliphatic carbocycles. The zero-order valence-corrected chi connectivity index (χ0v) is 9.38. The average molecular weight is 234 g/mol. The highest BCUT2D eigenvalue weighted by atomic mass is 32.2. The van der Waals surface area contributed by atoms with Crippen molar-refractivity contribution in [1.29, 1.82) is 0 Å². The molecule has 0 amide bonds. The summed E-state index contributed by atoms with van der Waals surface area (Å²) < 4.78 is 13.0. The van der Waals surface area contributed by atoms with Crippen LogP contribution in [0.15, 0.2) is 58.3 Å². The summed E-state index contributed by atoms with van der Waals surface area (Å²) in [7, 11) is 0. The molecule has 3 heteroatoms. The Morgan fingerprint density at radius 3 is 2.50 bits per heavy atom. The van der Waals surface area contributed by atoms with Crippen molar-refractivity contribution < 1.29 is 9.50 Å². The lowest BCUT2D eigenvalue weighted by Crippen LogP contribution is -1.89. The number of rotatable bonds is 3. The first kappa shape index (κ1) is 11.2. The van der Waals surface area contributed by atoms with Gasteiger partial charge in [-0.05, 0) is 35.9 Å². The zero-order chi connectivity index (χ0) is 11.4. The van der Waals surface area contributed by atoms with Crippen molar-refractivity contribution in [3.8, 4) is 0 Å². The number of benzene rings is 2. The van der Waals surface area contributed by atoms with Crippen LogP contribution in [0.1, 0.15) is 5.56 Å². The van der Waals surface area contributed by atoms with Crippen LogP contribution in [0.2, 0.25) is 0 Å². The van der Waals surface area contributed by atoms with E-state index in [0.717, 1.165) is 9.79 Å². The molecule has 0 saturated heterocycles. The molecule has 0 saturated carbocycles. The second kappa shape index (κ2) is 5.14. The molecule has 2 aromatic rings. The van der Waals surface area contributed by atoms with E-state index in [1.165, 1.54) is 23.9 Å². The first-order valence-corrected chi connectivity index (χ1v) is 5.73. The van der Waals surface area contributed by atoms with E-state index in [9.17, 15) is 4.39 Å². The lowest BCUT2D eigenvalue weighted by Gasteiger charge is -2.06. The summed E-state index contributed by atoms with van der Waals surface area (Å²) in [6.45, 7) is -0.146. The van der Waals surface area contributed by atoms with E-state index in [0.29, 0.717) is 5.56 Å². The smallest absolute Gasteiger partial charge is 0.123 e. The third-order valence-corrected chi connectivity index (χ3v) is 3.29. The van der Waals surface area contributed by atoms with E-state index in [4.69, 9.17) is 5.11 Å². The van der Waals surface area contributed by atoms with Gasteiger partial charge < -0.3 is 5.11 Å². The van der Waals surface area contributed by atoms with Gasteiger partial charge in [0.25, 0.3) is 0 Å². The lowest BCUT2D eigenvalue weighted by atomic mass is 10.2. The minimum absolute atomic E-state index is 0.146. The molecule has 1 nitrogen and oxygen atoms in total. The molecular weight excluding hydrogens is 223 g/mol. The fraction of sp³-hybridized carbons (Fsp3) is 0.0769. The Morgan fingerprint density at radius 1 is 1.06 bits per heavy atom. The molecule has 0 aliphatic heterocycles. The second-order valence-corrected chi connectivity index (χ2v) is 4.44. The zero-order valence-electron chi connectivity index (χ0n) is 8.56. The summed E-state index contributed by atoms with van der Waals surface area (Å²) in [5.41, 5.74) is 0.619. The molecule has 0 fully saturated rings. The van der Waals surface area contributed by atoms with Crippen LogP contribution in [0.3, 0.4) is 0 Å². The molecule has 0 radical (unpaired) electrons. The summed E-state index contributed by atoms with van der Waals surface area (Å²) in [5, 5.41) is 9.14. The molecule has 2 aromatic carbocycles. The molecule has 1 N–H and O–H groups in total. The van der Waals surface area contributed by atoms with Crippen molar-refractivity contribution in [3.63, 3.8) is 0 Å². The van der Waals surface area contributed by atoms with Gasteiger partial charge in [0.15, 0.2) is 0 Å². The molecule has 0 unspecified atom stereocenters. The molecule has 0 spiro atoms. The summed E-state index contributed by atoms with van der Waals surface area (Å²) >= 11 is 1.52. The fourth-order valence-corrected chi connectivity index (χ4v) is 2.32. The van der Waals surface area contributed by atoms with Crippen LogP contribution in [-0.2, 0) is 6.61 Å². The van der Waals surface area contributed by atoms with Gasteiger partial charge in [-0.1, -0.05) is 30.0 Å². The van der Waals surface area contributed by atoms with Crippen LogP contribution in [0.25, 0.3) is 0 Å². The average Bonchev–Trinajstić information content (AvgIpc) is 2.33. The maximum absolute atomic E-state index is 13.0. The van der Waals surface area contributed by atoms with Crippen molar-refractivity contribution >= 4 is 11.8 Å². The van der Waals surface area contributed by atoms with Crippen LogP contribution >= 0.6 is 11.8 Å². The second-order valence-electron chi connectivity index (χ2n) is 3.33. The largest absolute Gasteiger partial charge is 0.392 e. The van der Waals surface area contributed by atoms with Crippen molar-refractivity contribution in [2.75, 3.05) is 0 Å². The number of hydrogen-bond donors (Lipinski definition) is 1. The third-order valence-electron chi connectivity index (χ3n) is 2.16. The van der Waals surface area contributed by atoms with E-state index >= 15 is 0 Å². The Hall–Kier alpha value is -1.32. The predicted molar refractivity (Wildman–Crippen MR) is 62.9 cm³/mol. The Kier molecular flexibility index (Phi) is 3.59. The molecule has 0 aromatic heterocycles. The van der Waals surface area contributed by atoms with Gasteiger partial charge in [-0.2, -0.15) is 0 Å². The van der Waals surface area contributed by atoms with Gasteiger partial charge in [-0.3, -0.25) is 0 Å². The van der Waals surface area contributed by atoms with E-state index < -0.39 is 0 Å². The quantitative estimate of drug-likeness (QED) is 0.877. The van der Waals surface area contributed by atoms with Crippen molar-refractivity contribution in [2.24, 2.45) is 0 Å². The first-order valence-electron chi connectivity index (χ1n) is 4.92. The predicted octanol–water partition coefficient (Wildman–Crippen LogP) is 3.47. The van der Waals surface area contributed by atoms with E-state index in [1.807, 2.05) is 30.3 Å². The molecule has 0 atom stereocenters. The van der Waals surface area contributed by atoms with Gasteiger partial charge in [-0.25, -0.2) is 4.39 Å². The van der Waals surface area contributed by atoms with Crippen LogP contribution in [0.5, 0.6) is 0 Å². The number of hydrogen-bond acceptors (Lipinski definition) is 2. The van der Waals surface area contributed by atoms with Crippen molar-refractivity contribution in [2.45, 2.75) is 16.4 Å². The van der Waals surface area contributed by atoms with Crippen molar-refractivity contribution in [3.05, 3.63) is 59.9 Å².